The molecule has 2 heterocycles. The molecule has 0 aliphatic heterocycles. The maximum atomic E-state index is 12.4. The lowest BCUT2D eigenvalue weighted by molar-refractivity contribution is 0.199. The zero-order valence-electron chi connectivity index (χ0n) is 23.4. The zero-order valence-corrected chi connectivity index (χ0v) is 24.2. The second kappa shape index (κ2) is 16.0. The fourth-order valence-electron chi connectivity index (χ4n) is 5.00. The number of aromatic nitrogens is 3. The number of imidazole rings is 1. The summed E-state index contributed by atoms with van der Waals surface area (Å²) < 4.78 is 35.1. The summed E-state index contributed by atoms with van der Waals surface area (Å²) >= 11 is 0. The average Bonchev–Trinajstić information content (AvgIpc) is 3.27. The van der Waals surface area contributed by atoms with Crippen molar-refractivity contribution in [2.75, 3.05) is 31.7 Å². The molecule has 3 N–H and O–H groups in total. The number of rotatable bonds is 20. The molecule has 1 aromatic carbocycles. The van der Waals surface area contributed by atoms with E-state index >= 15 is 0 Å². The van der Waals surface area contributed by atoms with Crippen LogP contribution in [0.4, 0.5) is 5.82 Å². The molecule has 8 nitrogen and oxygen atoms in total. The van der Waals surface area contributed by atoms with E-state index in [-0.39, 0.29) is 5.75 Å². The van der Waals surface area contributed by atoms with Crippen LogP contribution in [0.15, 0.2) is 24.3 Å². The lowest BCUT2D eigenvalue weighted by Crippen LogP contribution is -2.27. The molecule has 0 fully saturated rings. The number of aryl methyl sites for hydroxylation is 1. The summed E-state index contributed by atoms with van der Waals surface area (Å²) in [5.41, 5.74) is 8.80. The average molecular weight is 546 g/mol. The van der Waals surface area contributed by atoms with Gasteiger partial charge in [0.2, 0.25) is 10.0 Å². The molecule has 0 atom stereocenters. The van der Waals surface area contributed by atoms with Crippen LogP contribution in [0.1, 0.15) is 89.8 Å². The predicted molar refractivity (Wildman–Crippen MR) is 158 cm³/mol. The number of fused-ring (bicyclic) bond motifs is 3. The van der Waals surface area contributed by atoms with E-state index < -0.39 is 10.0 Å². The minimum atomic E-state index is -3.22. The molecule has 0 aliphatic carbocycles. The van der Waals surface area contributed by atoms with Crippen LogP contribution in [0.2, 0.25) is 0 Å². The molecule has 0 radical (unpaired) electrons. The third-order valence-corrected chi connectivity index (χ3v) is 8.59. The van der Waals surface area contributed by atoms with Gasteiger partial charge in [0.1, 0.15) is 11.3 Å². The first-order valence-corrected chi connectivity index (χ1v) is 16.1. The SMILES string of the molecule is CCCCCCCCCCCCS(=O)(=O)NCCCCn1c(CCOC)nc2c(N)nc3ccccc3c21. The number of pyridine rings is 1. The normalized spacial score (nSPS) is 12.2. The Morgan fingerprint density at radius 3 is 2.32 bits per heavy atom. The van der Waals surface area contributed by atoms with Crippen LogP contribution in [-0.4, -0.2) is 49.0 Å². The van der Waals surface area contributed by atoms with Gasteiger partial charge in [-0.2, -0.15) is 0 Å². The Hall–Kier alpha value is -2.23. The Balaban J connectivity index is 1.44. The number of nitrogen functional groups attached to an aromatic ring is 1. The van der Waals surface area contributed by atoms with E-state index in [1.807, 2.05) is 24.3 Å². The van der Waals surface area contributed by atoms with Crippen molar-refractivity contribution in [3.8, 4) is 0 Å². The van der Waals surface area contributed by atoms with Gasteiger partial charge in [-0.25, -0.2) is 23.1 Å². The maximum absolute atomic E-state index is 12.4. The van der Waals surface area contributed by atoms with Gasteiger partial charge < -0.3 is 15.0 Å². The molecular weight excluding hydrogens is 498 g/mol. The first-order valence-electron chi connectivity index (χ1n) is 14.5. The first-order chi connectivity index (χ1) is 18.5. The highest BCUT2D eigenvalue weighted by Gasteiger charge is 2.17. The molecular formula is C29H47N5O3S. The quantitative estimate of drug-likeness (QED) is 0.169. The number of nitrogens with one attached hydrogen (secondary N) is 1. The number of hydrogen-bond donors (Lipinski definition) is 2. The monoisotopic (exact) mass is 545 g/mol. The molecule has 212 valence electrons. The molecule has 0 amide bonds. The van der Waals surface area contributed by atoms with E-state index in [2.05, 4.69) is 21.2 Å². The van der Waals surface area contributed by atoms with Crippen molar-refractivity contribution in [1.29, 1.82) is 0 Å². The van der Waals surface area contributed by atoms with E-state index in [1.54, 1.807) is 7.11 Å². The van der Waals surface area contributed by atoms with Crippen LogP contribution in [0.3, 0.4) is 0 Å². The highest BCUT2D eigenvalue weighted by Crippen LogP contribution is 2.29. The Kier molecular flexibility index (Phi) is 12.8. The number of ether oxygens (including phenoxy) is 1. The van der Waals surface area contributed by atoms with Gasteiger partial charge in [-0.3, -0.25) is 0 Å². The van der Waals surface area contributed by atoms with Gasteiger partial charge in [0.15, 0.2) is 5.82 Å². The number of nitrogens with zero attached hydrogens (tertiary/aromatic N) is 3. The third-order valence-electron chi connectivity index (χ3n) is 7.12. The van der Waals surface area contributed by atoms with Crippen LogP contribution < -0.4 is 10.5 Å². The number of anilines is 1. The highest BCUT2D eigenvalue weighted by atomic mass is 32.2. The van der Waals surface area contributed by atoms with Crippen LogP contribution >= 0.6 is 0 Å². The molecule has 0 saturated carbocycles. The van der Waals surface area contributed by atoms with Crippen LogP contribution in [-0.2, 0) is 27.7 Å². The van der Waals surface area contributed by atoms with Crippen molar-refractivity contribution in [3.05, 3.63) is 30.1 Å². The van der Waals surface area contributed by atoms with Crippen LogP contribution in [0.5, 0.6) is 0 Å². The zero-order chi connectivity index (χ0) is 27.2. The van der Waals surface area contributed by atoms with Crippen LogP contribution in [0.25, 0.3) is 21.9 Å². The minimum Gasteiger partial charge on any atom is -0.384 e. The summed E-state index contributed by atoms with van der Waals surface area (Å²) in [4.78, 5) is 9.33. The van der Waals surface area contributed by atoms with Crippen molar-refractivity contribution in [1.82, 2.24) is 19.3 Å². The van der Waals surface area contributed by atoms with Crippen molar-refractivity contribution in [3.63, 3.8) is 0 Å². The van der Waals surface area contributed by atoms with Gasteiger partial charge in [0, 0.05) is 32.0 Å². The van der Waals surface area contributed by atoms with E-state index in [4.69, 9.17) is 15.5 Å². The molecule has 0 bridgehead atoms. The van der Waals surface area contributed by atoms with E-state index in [0.717, 1.165) is 60.9 Å². The molecule has 3 rings (SSSR count). The Bertz CT molecular complexity index is 1230. The van der Waals surface area contributed by atoms with Crippen molar-refractivity contribution in [2.24, 2.45) is 0 Å². The fraction of sp³-hybridized carbons (Fsp3) is 0.655. The number of unbranched alkanes of at least 4 members (excludes halogenated alkanes) is 10. The number of methoxy groups -OCH3 is 1. The highest BCUT2D eigenvalue weighted by molar-refractivity contribution is 7.89. The molecule has 0 spiro atoms. The lowest BCUT2D eigenvalue weighted by Gasteiger charge is -2.11. The Labute approximate surface area is 228 Å². The number of nitrogens with two attached hydrogens (primary N) is 1. The van der Waals surface area contributed by atoms with Gasteiger partial charge in [-0.1, -0.05) is 82.9 Å². The molecule has 0 aliphatic rings. The summed E-state index contributed by atoms with van der Waals surface area (Å²) in [5, 5.41) is 1.02. The summed E-state index contributed by atoms with van der Waals surface area (Å²) in [6, 6.07) is 7.95. The third kappa shape index (κ3) is 9.20. The van der Waals surface area contributed by atoms with Crippen LogP contribution in [0, 0.1) is 0 Å². The van der Waals surface area contributed by atoms with Gasteiger partial charge >= 0.3 is 0 Å². The lowest BCUT2D eigenvalue weighted by atomic mass is 10.1. The second-order valence-electron chi connectivity index (χ2n) is 10.2. The van der Waals surface area contributed by atoms with Gasteiger partial charge in [-0.15, -0.1) is 0 Å². The predicted octanol–water partition coefficient (Wildman–Crippen LogP) is 5.98. The molecule has 0 saturated heterocycles. The Morgan fingerprint density at radius 1 is 0.921 bits per heavy atom. The summed E-state index contributed by atoms with van der Waals surface area (Å²) in [6.07, 6.45) is 14.2. The maximum Gasteiger partial charge on any atom is 0.211 e. The van der Waals surface area contributed by atoms with Gasteiger partial charge in [-0.05, 0) is 25.3 Å². The van der Waals surface area contributed by atoms with Crippen molar-refractivity contribution < 1.29 is 13.2 Å². The minimum absolute atomic E-state index is 0.217. The van der Waals surface area contributed by atoms with E-state index in [0.29, 0.717) is 30.9 Å². The largest absolute Gasteiger partial charge is 0.384 e. The number of para-hydroxylation sites is 1. The smallest absolute Gasteiger partial charge is 0.211 e. The molecule has 9 heteroatoms. The molecule has 2 aromatic heterocycles. The summed E-state index contributed by atoms with van der Waals surface area (Å²) in [6.45, 7) is 3.98. The number of sulfonamides is 1. The molecule has 38 heavy (non-hydrogen) atoms. The molecule has 3 aromatic rings. The first kappa shape index (κ1) is 30.3. The summed E-state index contributed by atoms with van der Waals surface area (Å²) in [7, 11) is -1.54. The topological polar surface area (TPSA) is 112 Å². The Morgan fingerprint density at radius 2 is 1.61 bits per heavy atom. The second-order valence-corrected chi connectivity index (χ2v) is 12.2. The molecule has 0 unspecified atom stereocenters. The summed E-state index contributed by atoms with van der Waals surface area (Å²) in [5.74, 6) is 1.55. The van der Waals surface area contributed by atoms with Crippen molar-refractivity contribution >= 4 is 37.8 Å². The van der Waals surface area contributed by atoms with Crippen molar-refractivity contribution in [2.45, 2.75) is 96.9 Å². The fourth-order valence-corrected chi connectivity index (χ4v) is 6.19. The van der Waals surface area contributed by atoms with Gasteiger partial charge in [0.05, 0.1) is 23.4 Å². The van der Waals surface area contributed by atoms with E-state index in [9.17, 15) is 8.42 Å². The standard InChI is InChI=1S/C29H47N5O3S/c1-3-4-5-6-7-8-9-10-11-16-23-38(35,36)31-20-14-15-21-34-26(19-22-37-2)33-27-28(34)24-17-12-13-18-25(24)32-29(27)30/h12-13,17-18,31H,3-11,14-16,19-23H2,1-2H3,(H2,30,32). The van der Waals surface area contributed by atoms with Gasteiger partial charge in [0.25, 0.3) is 0 Å². The van der Waals surface area contributed by atoms with E-state index in [1.165, 1.54) is 44.9 Å². The number of benzene rings is 1. The number of hydrogen-bond acceptors (Lipinski definition) is 6.